The number of rotatable bonds is 3. The summed E-state index contributed by atoms with van der Waals surface area (Å²) in [7, 11) is 0. The molecule has 2 rings (SSSR count). The van der Waals surface area contributed by atoms with Crippen molar-refractivity contribution >= 4 is 11.6 Å². The Bertz CT molecular complexity index is 442. The standard InChI is InChI=1S/C15H22N2O2/c1-11-8-12(2)15(13(16)9-11)19-10-14(18)17-6-4-3-5-7-17/h8-9H,3-7,10,16H2,1-2H3. The molecule has 1 amide bonds. The summed E-state index contributed by atoms with van der Waals surface area (Å²) in [6.07, 6.45) is 3.41. The normalized spacial score (nSPS) is 15.4. The molecule has 1 aliphatic heterocycles. The molecule has 0 spiro atoms. The molecule has 2 N–H and O–H groups in total. The number of hydrogen-bond donors (Lipinski definition) is 1. The Morgan fingerprint density at radius 2 is 1.95 bits per heavy atom. The number of benzene rings is 1. The first-order valence-corrected chi connectivity index (χ1v) is 6.85. The second kappa shape index (κ2) is 5.95. The lowest BCUT2D eigenvalue weighted by Gasteiger charge is -2.26. The Kier molecular flexibility index (Phi) is 4.30. The van der Waals surface area contributed by atoms with Crippen LogP contribution in [-0.2, 0) is 4.79 Å². The first-order valence-electron chi connectivity index (χ1n) is 6.85. The summed E-state index contributed by atoms with van der Waals surface area (Å²) in [5, 5.41) is 0. The Hall–Kier alpha value is -1.71. The van der Waals surface area contributed by atoms with Gasteiger partial charge in [0.15, 0.2) is 6.61 Å². The monoisotopic (exact) mass is 262 g/mol. The summed E-state index contributed by atoms with van der Waals surface area (Å²) in [5.41, 5.74) is 8.62. The fourth-order valence-electron chi connectivity index (χ4n) is 2.55. The van der Waals surface area contributed by atoms with Gasteiger partial charge in [0.1, 0.15) is 5.75 Å². The van der Waals surface area contributed by atoms with Crippen LogP contribution in [0.25, 0.3) is 0 Å². The van der Waals surface area contributed by atoms with Gasteiger partial charge in [0, 0.05) is 13.1 Å². The van der Waals surface area contributed by atoms with E-state index in [9.17, 15) is 4.79 Å². The van der Waals surface area contributed by atoms with E-state index in [0.29, 0.717) is 11.4 Å². The number of hydrogen-bond acceptors (Lipinski definition) is 3. The van der Waals surface area contributed by atoms with Crippen molar-refractivity contribution in [3.63, 3.8) is 0 Å². The highest BCUT2D eigenvalue weighted by molar-refractivity contribution is 5.78. The van der Waals surface area contributed by atoms with Gasteiger partial charge in [-0.2, -0.15) is 0 Å². The van der Waals surface area contributed by atoms with Crippen LogP contribution < -0.4 is 10.5 Å². The van der Waals surface area contributed by atoms with Crippen LogP contribution in [0.3, 0.4) is 0 Å². The maximum absolute atomic E-state index is 12.0. The Morgan fingerprint density at radius 3 is 2.58 bits per heavy atom. The predicted molar refractivity (Wildman–Crippen MR) is 76.3 cm³/mol. The third-order valence-corrected chi connectivity index (χ3v) is 3.50. The van der Waals surface area contributed by atoms with Crippen molar-refractivity contribution in [3.05, 3.63) is 23.3 Å². The van der Waals surface area contributed by atoms with E-state index in [0.717, 1.165) is 37.1 Å². The van der Waals surface area contributed by atoms with Crippen molar-refractivity contribution in [2.75, 3.05) is 25.4 Å². The van der Waals surface area contributed by atoms with Crippen LogP contribution in [0.15, 0.2) is 12.1 Å². The first kappa shape index (κ1) is 13.7. The Balaban J connectivity index is 1.96. The zero-order chi connectivity index (χ0) is 13.8. The smallest absolute Gasteiger partial charge is 0.260 e. The highest BCUT2D eigenvalue weighted by atomic mass is 16.5. The lowest BCUT2D eigenvalue weighted by molar-refractivity contribution is -0.134. The molecule has 0 radical (unpaired) electrons. The minimum absolute atomic E-state index is 0.0547. The topological polar surface area (TPSA) is 55.6 Å². The molecule has 1 aromatic carbocycles. The molecule has 4 heteroatoms. The van der Waals surface area contributed by atoms with Gasteiger partial charge in [-0.15, -0.1) is 0 Å². The number of anilines is 1. The van der Waals surface area contributed by atoms with Crippen LogP contribution in [0.4, 0.5) is 5.69 Å². The number of piperidine rings is 1. The summed E-state index contributed by atoms with van der Waals surface area (Å²) in [5.74, 6) is 0.690. The molecule has 19 heavy (non-hydrogen) atoms. The molecule has 1 aromatic rings. The number of nitrogens with zero attached hydrogens (tertiary/aromatic N) is 1. The summed E-state index contributed by atoms with van der Waals surface area (Å²) in [6, 6.07) is 3.88. The number of likely N-dealkylation sites (tertiary alicyclic amines) is 1. The molecule has 4 nitrogen and oxygen atoms in total. The average Bonchev–Trinajstić information content (AvgIpc) is 2.38. The van der Waals surface area contributed by atoms with Crippen LogP contribution in [0, 0.1) is 13.8 Å². The molecule has 0 bridgehead atoms. The van der Waals surface area contributed by atoms with E-state index in [2.05, 4.69) is 0 Å². The first-order chi connectivity index (χ1) is 9.08. The number of amides is 1. The van der Waals surface area contributed by atoms with E-state index >= 15 is 0 Å². The molecule has 104 valence electrons. The fourth-order valence-corrected chi connectivity index (χ4v) is 2.55. The van der Waals surface area contributed by atoms with Crippen molar-refractivity contribution in [1.82, 2.24) is 4.90 Å². The lowest BCUT2D eigenvalue weighted by Crippen LogP contribution is -2.38. The number of aryl methyl sites for hydroxylation is 2. The van der Waals surface area contributed by atoms with Gasteiger partial charge in [-0.3, -0.25) is 4.79 Å². The third-order valence-electron chi connectivity index (χ3n) is 3.50. The third kappa shape index (κ3) is 3.40. The molecule has 0 aromatic heterocycles. The molecule has 0 atom stereocenters. The number of carbonyl (C=O) groups is 1. The van der Waals surface area contributed by atoms with Gasteiger partial charge in [0.05, 0.1) is 5.69 Å². The van der Waals surface area contributed by atoms with Crippen LogP contribution in [-0.4, -0.2) is 30.5 Å². The number of carbonyl (C=O) groups excluding carboxylic acids is 1. The van der Waals surface area contributed by atoms with Gasteiger partial charge in [-0.05, 0) is 50.3 Å². The van der Waals surface area contributed by atoms with Crippen molar-refractivity contribution < 1.29 is 9.53 Å². The molecule has 0 aliphatic carbocycles. The van der Waals surface area contributed by atoms with Gasteiger partial charge >= 0.3 is 0 Å². The SMILES string of the molecule is Cc1cc(C)c(OCC(=O)N2CCCCC2)c(N)c1. The maximum Gasteiger partial charge on any atom is 0.260 e. The Labute approximate surface area is 114 Å². The van der Waals surface area contributed by atoms with Gasteiger partial charge < -0.3 is 15.4 Å². The van der Waals surface area contributed by atoms with E-state index in [1.165, 1.54) is 6.42 Å². The fraction of sp³-hybridized carbons (Fsp3) is 0.533. The van der Waals surface area contributed by atoms with E-state index in [-0.39, 0.29) is 12.5 Å². The molecular weight excluding hydrogens is 240 g/mol. The van der Waals surface area contributed by atoms with E-state index < -0.39 is 0 Å². The van der Waals surface area contributed by atoms with Gasteiger partial charge in [0.25, 0.3) is 5.91 Å². The highest BCUT2D eigenvalue weighted by Crippen LogP contribution is 2.27. The minimum Gasteiger partial charge on any atom is -0.481 e. The molecule has 1 saturated heterocycles. The second-order valence-electron chi connectivity index (χ2n) is 5.23. The average molecular weight is 262 g/mol. The largest absolute Gasteiger partial charge is 0.481 e. The molecule has 1 fully saturated rings. The second-order valence-corrected chi connectivity index (χ2v) is 5.23. The minimum atomic E-state index is 0.0547. The molecule has 0 unspecified atom stereocenters. The van der Waals surface area contributed by atoms with Crippen molar-refractivity contribution in [1.29, 1.82) is 0 Å². The highest BCUT2D eigenvalue weighted by Gasteiger charge is 2.17. The van der Waals surface area contributed by atoms with Crippen molar-refractivity contribution in [2.24, 2.45) is 0 Å². The van der Waals surface area contributed by atoms with Gasteiger partial charge in [-0.25, -0.2) is 0 Å². The van der Waals surface area contributed by atoms with Gasteiger partial charge in [-0.1, -0.05) is 6.07 Å². The maximum atomic E-state index is 12.0. The number of ether oxygens (including phenoxy) is 1. The van der Waals surface area contributed by atoms with Crippen LogP contribution in [0.1, 0.15) is 30.4 Å². The van der Waals surface area contributed by atoms with Gasteiger partial charge in [0.2, 0.25) is 0 Å². The number of nitrogen functional groups attached to an aromatic ring is 1. The van der Waals surface area contributed by atoms with Crippen molar-refractivity contribution in [2.45, 2.75) is 33.1 Å². The summed E-state index contributed by atoms with van der Waals surface area (Å²) < 4.78 is 5.62. The van der Waals surface area contributed by atoms with E-state index in [1.807, 2.05) is 30.9 Å². The lowest BCUT2D eigenvalue weighted by atomic mass is 10.1. The number of nitrogens with two attached hydrogens (primary N) is 1. The predicted octanol–water partition coefficient (Wildman–Crippen LogP) is 2.28. The molecule has 1 aliphatic rings. The summed E-state index contributed by atoms with van der Waals surface area (Å²) in [6.45, 7) is 5.72. The molecule has 0 saturated carbocycles. The van der Waals surface area contributed by atoms with Crippen LogP contribution in [0.2, 0.25) is 0 Å². The Morgan fingerprint density at radius 1 is 1.26 bits per heavy atom. The zero-order valence-corrected chi connectivity index (χ0v) is 11.7. The van der Waals surface area contributed by atoms with Crippen LogP contribution in [0.5, 0.6) is 5.75 Å². The van der Waals surface area contributed by atoms with E-state index in [4.69, 9.17) is 10.5 Å². The molecule has 1 heterocycles. The van der Waals surface area contributed by atoms with E-state index in [1.54, 1.807) is 0 Å². The molecular formula is C15H22N2O2. The summed E-state index contributed by atoms with van der Waals surface area (Å²) >= 11 is 0. The quantitative estimate of drug-likeness (QED) is 0.850. The summed E-state index contributed by atoms with van der Waals surface area (Å²) in [4.78, 5) is 13.9. The van der Waals surface area contributed by atoms with Crippen LogP contribution >= 0.6 is 0 Å². The zero-order valence-electron chi connectivity index (χ0n) is 11.7. The van der Waals surface area contributed by atoms with Crippen molar-refractivity contribution in [3.8, 4) is 5.75 Å².